The van der Waals surface area contributed by atoms with Crippen molar-refractivity contribution in [1.29, 1.82) is 0 Å². The third kappa shape index (κ3) is 17.8. The van der Waals surface area contributed by atoms with E-state index in [9.17, 15) is 0 Å². The maximum absolute atomic E-state index is 5.81. The average Bonchev–Trinajstić information content (AvgIpc) is 2.76. The van der Waals surface area contributed by atoms with Gasteiger partial charge in [0.05, 0.1) is 0 Å². The minimum Gasteiger partial charge on any atom is -0.328 e. The fourth-order valence-electron chi connectivity index (χ4n) is 4.38. The van der Waals surface area contributed by atoms with Crippen molar-refractivity contribution < 1.29 is 14.2 Å². The van der Waals surface area contributed by atoms with Crippen LogP contribution in [0.5, 0.6) is 0 Å². The summed E-state index contributed by atoms with van der Waals surface area (Å²) in [7, 11) is 0. The molecule has 0 aliphatic heterocycles. The molecule has 0 rings (SSSR count). The Morgan fingerprint density at radius 3 is 1.35 bits per heavy atom. The van der Waals surface area contributed by atoms with Crippen LogP contribution in [0.3, 0.4) is 0 Å². The molecule has 3 nitrogen and oxygen atoms in total. The van der Waals surface area contributed by atoms with E-state index in [2.05, 4.69) is 19.6 Å². The van der Waals surface area contributed by atoms with E-state index in [1.807, 2.05) is 20.8 Å². The molecule has 0 aromatic heterocycles. The number of hydrogen-bond acceptors (Lipinski definition) is 3. The molecule has 0 heterocycles. The van der Waals surface area contributed by atoms with Gasteiger partial charge in [0, 0.05) is 26.2 Å². The van der Waals surface area contributed by atoms with Gasteiger partial charge in [-0.2, -0.15) is 0 Å². The molecular weight excluding hydrogens is 384 g/mol. The summed E-state index contributed by atoms with van der Waals surface area (Å²) in [5, 5.41) is 0. The van der Waals surface area contributed by atoms with Gasteiger partial charge in [0.2, 0.25) is 0 Å². The number of allylic oxidation sites excluding steroid dienone is 1. The fourth-order valence-corrected chi connectivity index (χ4v) is 4.38. The van der Waals surface area contributed by atoms with Crippen LogP contribution in [0, 0.1) is 5.92 Å². The van der Waals surface area contributed by atoms with E-state index in [-0.39, 0.29) is 0 Å². The van der Waals surface area contributed by atoms with Crippen molar-refractivity contribution in [3.8, 4) is 0 Å². The summed E-state index contributed by atoms with van der Waals surface area (Å²) < 4.78 is 17.4. The van der Waals surface area contributed by atoms with Crippen LogP contribution < -0.4 is 0 Å². The highest BCUT2D eigenvalue weighted by atomic mass is 16.9. The molecule has 0 aromatic rings. The molecule has 1 unspecified atom stereocenters. The van der Waals surface area contributed by atoms with Crippen LogP contribution >= 0.6 is 0 Å². The van der Waals surface area contributed by atoms with Gasteiger partial charge in [0.25, 0.3) is 5.97 Å². The van der Waals surface area contributed by atoms with E-state index in [0.29, 0.717) is 19.8 Å². The molecule has 31 heavy (non-hydrogen) atoms. The zero-order chi connectivity index (χ0) is 23.0. The highest BCUT2D eigenvalue weighted by molar-refractivity contribution is 4.78. The lowest BCUT2D eigenvalue weighted by Gasteiger charge is -2.32. The molecule has 0 aromatic carbocycles. The van der Waals surface area contributed by atoms with Crippen molar-refractivity contribution in [2.45, 2.75) is 143 Å². The Morgan fingerprint density at radius 2 is 0.968 bits per heavy atom. The van der Waals surface area contributed by atoms with Gasteiger partial charge in [-0.1, -0.05) is 96.5 Å². The zero-order valence-corrected chi connectivity index (χ0v) is 21.7. The topological polar surface area (TPSA) is 27.7 Å². The van der Waals surface area contributed by atoms with E-state index >= 15 is 0 Å². The Bertz CT molecular complexity index is 352. The Labute approximate surface area is 195 Å². The second kappa shape index (κ2) is 22.8. The molecule has 0 radical (unpaired) electrons. The normalized spacial score (nSPS) is 12.9. The lowest BCUT2D eigenvalue weighted by atomic mass is 9.94. The highest BCUT2D eigenvalue weighted by Crippen LogP contribution is 2.24. The predicted octanol–water partition coefficient (Wildman–Crippen LogP) is 9.20. The Hall–Kier alpha value is -0.380. The van der Waals surface area contributed by atoms with Crippen LogP contribution in [-0.2, 0) is 14.2 Å². The van der Waals surface area contributed by atoms with Crippen molar-refractivity contribution >= 4 is 0 Å². The Morgan fingerprint density at radius 1 is 0.581 bits per heavy atom. The number of ether oxygens (including phenoxy) is 3. The molecule has 1 atom stereocenters. The zero-order valence-electron chi connectivity index (χ0n) is 21.7. The molecule has 3 heteroatoms. The third-order valence-corrected chi connectivity index (χ3v) is 6.16. The first-order chi connectivity index (χ1) is 15.2. The Kier molecular flexibility index (Phi) is 22.5. The standard InChI is InChI=1S/C28H56O3/c1-6-11-12-13-14-15-18-21-24-27(7-2)25-22-19-16-17-20-23-26-28(29-8-3,30-9-4)31-10-5/h7,27H,2,6,8-26H2,1,3-5H3. The summed E-state index contributed by atoms with van der Waals surface area (Å²) in [4.78, 5) is 0. The molecule has 0 aliphatic rings. The molecule has 0 amide bonds. The fraction of sp³-hybridized carbons (Fsp3) is 0.929. The van der Waals surface area contributed by atoms with E-state index in [0.717, 1.165) is 18.8 Å². The monoisotopic (exact) mass is 440 g/mol. The van der Waals surface area contributed by atoms with Gasteiger partial charge in [0.1, 0.15) is 0 Å². The summed E-state index contributed by atoms with van der Waals surface area (Å²) >= 11 is 0. The van der Waals surface area contributed by atoms with Gasteiger partial charge in [-0.05, 0) is 46.0 Å². The van der Waals surface area contributed by atoms with Crippen molar-refractivity contribution in [2.24, 2.45) is 5.92 Å². The summed E-state index contributed by atoms with van der Waals surface area (Å²) in [6.07, 6.45) is 24.6. The van der Waals surface area contributed by atoms with Crippen molar-refractivity contribution in [2.75, 3.05) is 19.8 Å². The molecule has 0 saturated heterocycles. The molecular formula is C28H56O3. The first-order valence-corrected chi connectivity index (χ1v) is 13.7. The summed E-state index contributed by atoms with van der Waals surface area (Å²) in [5.74, 6) is -0.102. The molecule has 0 N–H and O–H groups in total. The number of rotatable bonds is 25. The highest BCUT2D eigenvalue weighted by Gasteiger charge is 2.31. The quantitative estimate of drug-likeness (QED) is 0.0804. The second-order valence-corrected chi connectivity index (χ2v) is 8.90. The molecule has 0 aliphatic carbocycles. The summed E-state index contributed by atoms with van der Waals surface area (Å²) in [6.45, 7) is 14.2. The van der Waals surface area contributed by atoms with Crippen molar-refractivity contribution in [1.82, 2.24) is 0 Å². The average molecular weight is 441 g/mol. The van der Waals surface area contributed by atoms with Gasteiger partial charge in [-0.3, -0.25) is 0 Å². The van der Waals surface area contributed by atoms with Crippen LogP contribution in [0.4, 0.5) is 0 Å². The first-order valence-electron chi connectivity index (χ1n) is 13.7. The van der Waals surface area contributed by atoms with Crippen LogP contribution in [-0.4, -0.2) is 25.8 Å². The summed E-state index contributed by atoms with van der Waals surface area (Å²) in [6, 6.07) is 0. The molecule has 0 fully saturated rings. The van der Waals surface area contributed by atoms with Crippen LogP contribution in [0.1, 0.15) is 137 Å². The van der Waals surface area contributed by atoms with E-state index < -0.39 is 5.97 Å². The third-order valence-electron chi connectivity index (χ3n) is 6.16. The second-order valence-electron chi connectivity index (χ2n) is 8.90. The SMILES string of the molecule is C=CC(CCCCCCCCCC)CCCCCCCCC(OCC)(OCC)OCC. The minimum absolute atomic E-state index is 0.615. The molecule has 0 saturated carbocycles. The largest absolute Gasteiger partial charge is 0.328 e. The van der Waals surface area contributed by atoms with Gasteiger partial charge in [-0.25, -0.2) is 0 Å². The van der Waals surface area contributed by atoms with Crippen molar-refractivity contribution in [3.63, 3.8) is 0 Å². The van der Waals surface area contributed by atoms with Gasteiger partial charge >= 0.3 is 0 Å². The van der Waals surface area contributed by atoms with Gasteiger partial charge < -0.3 is 14.2 Å². The van der Waals surface area contributed by atoms with E-state index in [1.54, 1.807) is 0 Å². The van der Waals surface area contributed by atoms with Gasteiger partial charge in [0.15, 0.2) is 0 Å². The number of hydrogen-bond donors (Lipinski definition) is 0. The van der Waals surface area contributed by atoms with E-state index in [1.165, 1.54) is 96.3 Å². The lowest BCUT2D eigenvalue weighted by Crippen LogP contribution is -2.39. The number of unbranched alkanes of at least 4 members (excludes halogenated alkanes) is 12. The summed E-state index contributed by atoms with van der Waals surface area (Å²) in [5.41, 5.74) is 0. The maximum Gasteiger partial charge on any atom is 0.282 e. The van der Waals surface area contributed by atoms with E-state index in [4.69, 9.17) is 14.2 Å². The lowest BCUT2D eigenvalue weighted by molar-refractivity contribution is -0.380. The van der Waals surface area contributed by atoms with Gasteiger partial charge in [-0.15, -0.1) is 6.58 Å². The maximum atomic E-state index is 5.81. The molecule has 0 bridgehead atoms. The molecule has 0 spiro atoms. The Balaban J connectivity index is 3.72. The van der Waals surface area contributed by atoms with Crippen LogP contribution in [0.2, 0.25) is 0 Å². The minimum atomic E-state index is -0.828. The predicted molar refractivity (Wildman–Crippen MR) is 135 cm³/mol. The van der Waals surface area contributed by atoms with Crippen LogP contribution in [0.15, 0.2) is 12.7 Å². The first kappa shape index (κ1) is 30.6. The smallest absolute Gasteiger partial charge is 0.282 e. The molecule has 186 valence electrons. The van der Waals surface area contributed by atoms with Crippen LogP contribution in [0.25, 0.3) is 0 Å². The van der Waals surface area contributed by atoms with Crippen molar-refractivity contribution in [3.05, 3.63) is 12.7 Å².